The lowest BCUT2D eigenvalue weighted by atomic mass is 10.1. The maximum Gasteiger partial charge on any atom is 0.251 e. The SMILES string of the molecule is CCOc1ccc(C(=O)NCC(=O)NCCCCc2ccccc2)cc1. The van der Waals surface area contributed by atoms with E-state index in [0.717, 1.165) is 25.0 Å². The molecule has 2 N–H and O–H groups in total. The Morgan fingerprint density at radius 2 is 1.65 bits per heavy atom. The number of hydrogen-bond acceptors (Lipinski definition) is 3. The van der Waals surface area contributed by atoms with Gasteiger partial charge in [-0.15, -0.1) is 0 Å². The van der Waals surface area contributed by atoms with Crippen LogP contribution in [-0.4, -0.2) is 31.5 Å². The molecule has 5 heteroatoms. The van der Waals surface area contributed by atoms with Gasteiger partial charge in [0.1, 0.15) is 5.75 Å². The molecule has 0 heterocycles. The first-order chi connectivity index (χ1) is 12.7. The van der Waals surface area contributed by atoms with Crippen molar-refractivity contribution >= 4 is 11.8 Å². The minimum Gasteiger partial charge on any atom is -0.494 e. The lowest BCUT2D eigenvalue weighted by Gasteiger charge is -2.08. The molecule has 2 rings (SSSR count). The number of carbonyl (C=O) groups excluding carboxylic acids is 2. The first kappa shape index (κ1) is 19.5. The van der Waals surface area contributed by atoms with Crippen molar-refractivity contribution in [2.24, 2.45) is 0 Å². The molecular weight excluding hydrogens is 328 g/mol. The highest BCUT2D eigenvalue weighted by molar-refractivity contribution is 5.96. The topological polar surface area (TPSA) is 67.4 Å². The van der Waals surface area contributed by atoms with Crippen molar-refractivity contribution in [2.45, 2.75) is 26.2 Å². The Labute approximate surface area is 154 Å². The van der Waals surface area contributed by atoms with E-state index in [9.17, 15) is 9.59 Å². The Morgan fingerprint density at radius 1 is 0.923 bits per heavy atom. The summed E-state index contributed by atoms with van der Waals surface area (Å²) in [5, 5.41) is 5.45. The second-order valence-electron chi connectivity index (χ2n) is 5.93. The molecule has 0 saturated heterocycles. The zero-order chi connectivity index (χ0) is 18.6. The average molecular weight is 354 g/mol. The van der Waals surface area contributed by atoms with Crippen molar-refractivity contribution in [1.29, 1.82) is 0 Å². The van der Waals surface area contributed by atoms with E-state index in [4.69, 9.17) is 4.74 Å². The van der Waals surface area contributed by atoms with E-state index >= 15 is 0 Å². The highest BCUT2D eigenvalue weighted by atomic mass is 16.5. The molecule has 5 nitrogen and oxygen atoms in total. The molecular formula is C21H26N2O3. The molecule has 0 fully saturated rings. The third-order valence-electron chi connectivity index (χ3n) is 3.89. The fraction of sp³-hybridized carbons (Fsp3) is 0.333. The van der Waals surface area contributed by atoms with Crippen molar-refractivity contribution in [3.63, 3.8) is 0 Å². The minimum atomic E-state index is -0.271. The quantitative estimate of drug-likeness (QED) is 0.645. The lowest BCUT2D eigenvalue weighted by molar-refractivity contribution is -0.120. The molecule has 138 valence electrons. The summed E-state index contributed by atoms with van der Waals surface area (Å²) in [7, 11) is 0. The fourth-order valence-corrected chi connectivity index (χ4v) is 2.52. The number of rotatable bonds is 10. The van der Waals surface area contributed by atoms with Crippen molar-refractivity contribution in [3.8, 4) is 5.75 Å². The molecule has 0 aliphatic carbocycles. The molecule has 0 aliphatic heterocycles. The van der Waals surface area contributed by atoms with Crippen LogP contribution in [-0.2, 0) is 11.2 Å². The highest BCUT2D eigenvalue weighted by Crippen LogP contribution is 2.11. The maximum atomic E-state index is 12.0. The number of benzene rings is 2. The summed E-state index contributed by atoms with van der Waals surface area (Å²) in [5.41, 5.74) is 1.81. The molecule has 0 saturated carbocycles. The van der Waals surface area contributed by atoms with Gasteiger partial charge in [0.2, 0.25) is 5.91 Å². The minimum absolute atomic E-state index is 0.0231. The molecule has 2 aromatic rings. The Morgan fingerprint density at radius 3 is 2.35 bits per heavy atom. The second kappa shape index (κ2) is 10.9. The third kappa shape index (κ3) is 6.97. The van der Waals surface area contributed by atoms with Crippen LogP contribution in [0.5, 0.6) is 5.75 Å². The van der Waals surface area contributed by atoms with Crippen LogP contribution in [0.3, 0.4) is 0 Å². The Balaban J connectivity index is 1.59. The molecule has 0 radical (unpaired) electrons. The van der Waals surface area contributed by atoms with Gasteiger partial charge >= 0.3 is 0 Å². The van der Waals surface area contributed by atoms with E-state index in [2.05, 4.69) is 22.8 Å². The van der Waals surface area contributed by atoms with Gasteiger partial charge in [0.25, 0.3) is 5.91 Å². The van der Waals surface area contributed by atoms with Crippen LogP contribution in [0, 0.1) is 0 Å². The summed E-state index contributed by atoms with van der Waals surface area (Å²) in [6.45, 7) is 3.08. The smallest absolute Gasteiger partial charge is 0.251 e. The number of nitrogens with one attached hydrogen (secondary N) is 2. The molecule has 2 aromatic carbocycles. The van der Waals surface area contributed by atoms with Crippen molar-refractivity contribution in [2.75, 3.05) is 19.7 Å². The Hall–Kier alpha value is -2.82. The number of amides is 2. The maximum absolute atomic E-state index is 12.0. The van der Waals surface area contributed by atoms with Crippen LogP contribution in [0.4, 0.5) is 0 Å². The van der Waals surface area contributed by atoms with Gasteiger partial charge in [-0.25, -0.2) is 0 Å². The predicted molar refractivity (Wildman–Crippen MR) is 102 cm³/mol. The molecule has 0 bridgehead atoms. The number of aryl methyl sites for hydroxylation is 1. The van der Waals surface area contributed by atoms with Crippen LogP contribution < -0.4 is 15.4 Å². The summed E-state index contributed by atoms with van der Waals surface area (Å²) >= 11 is 0. The highest BCUT2D eigenvalue weighted by Gasteiger charge is 2.08. The van der Waals surface area contributed by atoms with Gasteiger partial charge in [0.15, 0.2) is 0 Å². The summed E-state index contributed by atoms with van der Waals surface area (Å²) in [6, 6.07) is 17.1. The van der Waals surface area contributed by atoms with E-state index in [1.165, 1.54) is 5.56 Å². The predicted octanol–water partition coefficient (Wildman–Crippen LogP) is 2.95. The van der Waals surface area contributed by atoms with Crippen molar-refractivity contribution < 1.29 is 14.3 Å². The van der Waals surface area contributed by atoms with Gasteiger partial charge < -0.3 is 15.4 Å². The first-order valence-electron chi connectivity index (χ1n) is 9.00. The van der Waals surface area contributed by atoms with Gasteiger partial charge in [0.05, 0.1) is 13.2 Å². The summed E-state index contributed by atoms with van der Waals surface area (Å²) in [5.74, 6) is 0.272. The van der Waals surface area contributed by atoms with Crippen LogP contribution in [0.2, 0.25) is 0 Å². The first-order valence-corrected chi connectivity index (χ1v) is 9.00. The number of carbonyl (C=O) groups is 2. The van der Waals surface area contributed by atoms with Crippen LogP contribution >= 0.6 is 0 Å². The number of ether oxygens (including phenoxy) is 1. The van der Waals surface area contributed by atoms with Crippen LogP contribution in [0.15, 0.2) is 54.6 Å². The number of hydrogen-bond donors (Lipinski definition) is 2. The zero-order valence-corrected chi connectivity index (χ0v) is 15.2. The van der Waals surface area contributed by atoms with Gasteiger partial charge in [0, 0.05) is 12.1 Å². The van der Waals surface area contributed by atoms with Gasteiger partial charge in [-0.1, -0.05) is 30.3 Å². The largest absolute Gasteiger partial charge is 0.494 e. The normalized spacial score (nSPS) is 10.2. The fourth-order valence-electron chi connectivity index (χ4n) is 2.52. The second-order valence-corrected chi connectivity index (χ2v) is 5.93. The van der Waals surface area contributed by atoms with Gasteiger partial charge in [-0.05, 0) is 56.0 Å². The summed E-state index contributed by atoms with van der Waals surface area (Å²) in [6.07, 6.45) is 2.93. The van der Waals surface area contributed by atoms with Crippen molar-refractivity contribution in [3.05, 3.63) is 65.7 Å². The molecule has 0 unspecified atom stereocenters. The Bertz CT molecular complexity index is 684. The monoisotopic (exact) mass is 354 g/mol. The number of unbranched alkanes of at least 4 members (excludes halogenated alkanes) is 1. The van der Waals surface area contributed by atoms with Crippen LogP contribution in [0.1, 0.15) is 35.7 Å². The standard InChI is InChI=1S/C21H26N2O3/c1-2-26-19-13-11-18(12-14-19)21(25)23-16-20(24)22-15-7-6-10-17-8-4-3-5-9-17/h3-5,8-9,11-14H,2,6-7,10,15-16H2,1H3,(H,22,24)(H,23,25). The van der Waals surface area contributed by atoms with E-state index in [-0.39, 0.29) is 18.4 Å². The lowest BCUT2D eigenvalue weighted by Crippen LogP contribution is -2.37. The van der Waals surface area contributed by atoms with E-state index < -0.39 is 0 Å². The molecule has 2 amide bonds. The zero-order valence-electron chi connectivity index (χ0n) is 15.2. The van der Waals surface area contributed by atoms with Crippen LogP contribution in [0.25, 0.3) is 0 Å². The van der Waals surface area contributed by atoms with E-state index in [1.54, 1.807) is 24.3 Å². The summed E-state index contributed by atoms with van der Waals surface area (Å²) < 4.78 is 5.34. The van der Waals surface area contributed by atoms with E-state index in [0.29, 0.717) is 18.7 Å². The Kier molecular flexibility index (Phi) is 8.19. The van der Waals surface area contributed by atoms with Crippen molar-refractivity contribution in [1.82, 2.24) is 10.6 Å². The average Bonchev–Trinajstić information content (AvgIpc) is 2.67. The third-order valence-corrected chi connectivity index (χ3v) is 3.89. The molecule has 0 aromatic heterocycles. The molecule has 0 atom stereocenters. The van der Waals surface area contributed by atoms with Gasteiger partial charge in [-0.2, -0.15) is 0 Å². The van der Waals surface area contributed by atoms with E-state index in [1.807, 2.05) is 25.1 Å². The molecule has 0 aliphatic rings. The molecule has 26 heavy (non-hydrogen) atoms. The summed E-state index contributed by atoms with van der Waals surface area (Å²) in [4.78, 5) is 23.8. The molecule has 0 spiro atoms. The van der Waals surface area contributed by atoms with Gasteiger partial charge in [-0.3, -0.25) is 9.59 Å².